The molecule has 2 N–H and O–H groups in total. The Kier molecular flexibility index (Phi) is 8.00. The van der Waals surface area contributed by atoms with Crippen molar-refractivity contribution in [3.8, 4) is 11.5 Å². The van der Waals surface area contributed by atoms with E-state index in [9.17, 15) is 8.42 Å². The van der Waals surface area contributed by atoms with Crippen molar-refractivity contribution in [1.82, 2.24) is 0 Å². The number of rotatable bonds is 9. The zero-order valence-corrected chi connectivity index (χ0v) is 15.8. The molecule has 0 heterocycles. The average molecular weight is 445 g/mol. The number of halogens is 2. The normalized spacial score (nSPS) is 11.4. The minimum absolute atomic E-state index is 0.0465. The molecule has 0 spiro atoms. The Labute approximate surface area is 142 Å². The van der Waals surface area contributed by atoms with Crippen LogP contribution in [0.3, 0.4) is 0 Å². The van der Waals surface area contributed by atoms with Crippen molar-refractivity contribution in [2.45, 2.75) is 25.7 Å². The molecule has 0 bridgehead atoms. The van der Waals surface area contributed by atoms with Crippen LogP contribution in [0.25, 0.3) is 0 Å². The molecule has 0 unspecified atom stereocenters. The zero-order chi connectivity index (χ0) is 15.9. The first kappa shape index (κ1) is 18.7. The van der Waals surface area contributed by atoms with E-state index >= 15 is 0 Å². The molecule has 1 aromatic carbocycles. The van der Waals surface area contributed by atoms with Gasteiger partial charge in [0.15, 0.2) is 0 Å². The molecule has 5 nitrogen and oxygen atoms in total. The second-order valence-electron chi connectivity index (χ2n) is 4.55. The number of unbranched alkanes of at least 4 members (excludes halogenated alkanes) is 3. The lowest BCUT2D eigenvalue weighted by Crippen LogP contribution is -2.16. The van der Waals surface area contributed by atoms with E-state index in [0.29, 0.717) is 13.0 Å². The minimum Gasteiger partial charge on any atom is -0.496 e. The van der Waals surface area contributed by atoms with Crippen LogP contribution in [-0.2, 0) is 10.0 Å². The molecule has 0 amide bonds. The zero-order valence-electron chi connectivity index (χ0n) is 11.8. The number of sulfonamides is 1. The lowest BCUT2D eigenvalue weighted by atomic mass is 10.2. The monoisotopic (exact) mass is 443 g/mol. The number of hydrogen-bond donors (Lipinski definition) is 1. The first-order valence-electron chi connectivity index (χ1n) is 6.50. The quantitative estimate of drug-likeness (QED) is 0.591. The molecule has 0 atom stereocenters. The van der Waals surface area contributed by atoms with Gasteiger partial charge in [0.1, 0.15) is 11.5 Å². The van der Waals surface area contributed by atoms with E-state index in [0.717, 1.165) is 39.7 Å². The predicted molar refractivity (Wildman–Crippen MR) is 90.3 cm³/mol. The van der Waals surface area contributed by atoms with Gasteiger partial charge in [0.2, 0.25) is 10.0 Å². The van der Waals surface area contributed by atoms with E-state index in [4.69, 9.17) is 14.6 Å². The van der Waals surface area contributed by atoms with Crippen LogP contribution in [0.2, 0.25) is 0 Å². The van der Waals surface area contributed by atoms with E-state index in [-0.39, 0.29) is 5.75 Å². The maximum atomic E-state index is 10.8. The number of primary sulfonamides is 1. The molecule has 0 aliphatic carbocycles. The van der Waals surface area contributed by atoms with Crippen LogP contribution in [0.5, 0.6) is 11.5 Å². The molecule has 1 rings (SSSR count). The number of methoxy groups -OCH3 is 1. The van der Waals surface area contributed by atoms with Crippen molar-refractivity contribution >= 4 is 41.9 Å². The largest absolute Gasteiger partial charge is 0.496 e. The van der Waals surface area contributed by atoms with Gasteiger partial charge in [-0.15, -0.1) is 0 Å². The van der Waals surface area contributed by atoms with E-state index < -0.39 is 10.0 Å². The van der Waals surface area contributed by atoms with Crippen molar-refractivity contribution in [1.29, 1.82) is 0 Å². The van der Waals surface area contributed by atoms with Gasteiger partial charge in [-0.3, -0.25) is 0 Å². The maximum absolute atomic E-state index is 10.8. The van der Waals surface area contributed by atoms with Crippen molar-refractivity contribution < 1.29 is 17.9 Å². The summed E-state index contributed by atoms with van der Waals surface area (Å²) in [5.41, 5.74) is 0. The Morgan fingerprint density at radius 2 is 1.62 bits per heavy atom. The fourth-order valence-electron chi connectivity index (χ4n) is 1.72. The molecular weight excluding hydrogens is 426 g/mol. The van der Waals surface area contributed by atoms with Gasteiger partial charge in [-0.2, -0.15) is 0 Å². The number of nitrogens with two attached hydrogens (primary N) is 1. The summed E-state index contributed by atoms with van der Waals surface area (Å²) in [6.45, 7) is 0.576. The molecule has 0 aliphatic rings. The highest BCUT2D eigenvalue weighted by molar-refractivity contribution is 9.11. The van der Waals surface area contributed by atoms with Crippen molar-refractivity contribution in [3.63, 3.8) is 0 Å². The van der Waals surface area contributed by atoms with E-state index in [2.05, 4.69) is 31.9 Å². The summed E-state index contributed by atoms with van der Waals surface area (Å²) < 4.78 is 34.1. The number of benzene rings is 1. The summed E-state index contributed by atoms with van der Waals surface area (Å²) in [6.07, 6.45) is 3.19. The Morgan fingerprint density at radius 3 is 2.24 bits per heavy atom. The van der Waals surface area contributed by atoms with Gasteiger partial charge >= 0.3 is 0 Å². The Hall–Kier alpha value is -0.310. The third-order valence-corrected chi connectivity index (χ3v) is 4.88. The lowest BCUT2D eigenvalue weighted by Gasteiger charge is -2.11. The summed E-state index contributed by atoms with van der Waals surface area (Å²) in [6, 6.07) is 3.69. The molecular formula is C13H19Br2NO4S. The summed E-state index contributed by atoms with van der Waals surface area (Å²) in [5.74, 6) is 1.52. The lowest BCUT2D eigenvalue weighted by molar-refractivity contribution is 0.302. The molecule has 120 valence electrons. The topological polar surface area (TPSA) is 78.6 Å². The molecule has 0 aliphatic heterocycles. The highest BCUT2D eigenvalue weighted by Gasteiger charge is 2.08. The second-order valence-corrected chi connectivity index (χ2v) is 7.99. The SMILES string of the molecule is COc1cc(Br)c(OCCCCCCS(N)(=O)=O)cc1Br. The molecule has 0 saturated carbocycles. The van der Waals surface area contributed by atoms with Crippen molar-refractivity contribution in [2.24, 2.45) is 5.14 Å². The van der Waals surface area contributed by atoms with E-state index in [1.165, 1.54) is 0 Å². The Balaban J connectivity index is 2.29. The van der Waals surface area contributed by atoms with Gasteiger partial charge in [0, 0.05) is 0 Å². The summed E-state index contributed by atoms with van der Waals surface area (Å²) in [7, 11) is -1.73. The van der Waals surface area contributed by atoms with Crippen LogP contribution in [0.15, 0.2) is 21.1 Å². The number of ether oxygens (including phenoxy) is 2. The fourth-order valence-corrected chi connectivity index (χ4v) is 3.25. The van der Waals surface area contributed by atoms with Gasteiger partial charge in [-0.05, 0) is 56.8 Å². The van der Waals surface area contributed by atoms with Gasteiger partial charge in [-0.1, -0.05) is 12.8 Å². The van der Waals surface area contributed by atoms with Crippen LogP contribution in [-0.4, -0.2) is 27.9 Å². The summed E-state index contributed by atoms with van der Waals surface area (Å²) in [5, 5.41) is 4.93. The highest BCUT2D eigenvalue weighted by atomic mass is 79.9. The fraction of sp³-hybridized carbons (Fsp3) is 0.538. The van der Waals surface area contributed by atoms with Crippen LogP contribution in [0, 0.1) is 0 Å². The Morgan fingerprint density at radius 1 is 1.05 bits per heavy atom. The van der Waals surface area contributed by atoms with Crippen molar-refractivity contribution in [3.05, 3.63) is 21.1 Å². The van der Waals surface area contributed by atoms with E-state index in [1.807, 2.05) is 12.1 Å². The summed E-state index contributed by atoms with van der Waals surface area (Å²) >= 11 is 6.84. The second kappa shape index (κ2) is 8.97. The average Bonchev–Trinajstić information content (AvgIpc) is 2.39. The molecule has 0 aromatic heterocycles. The van der Waals surface area contributed by atoms with Crippen LogP contribution >= 0.6 is 31.9 Å². The standard InChI is InChI=1S/C13H19Br2NO4S/c1-19-12-8-11(15)13(9-10(12)14)20-6-4-2-3-5-7-21(16,17)18/h8-9H,2-7H2,1H3,(H2,16,17,18). The molecule has 0 saturated heterocycles. The smallest absolute Gasteiger partial charge is 0.209 e. The van der Waals surface area contributed by atoms with Gasteiger partial charge in [-0.25, -0.2) is 13.6 Å². The Bertz CT molecular complexity index is 564. The van der Waals surface area contributed by atoms with E-state index in [1.54, 1.807) is 7.11 Å². The number of hydrogen-bond acceptors (Lipinski definition) is 4. The predicted octanol–water partition coefficient (Wildman–Crippen LogP) is 3.45. The summed E-state index contributed by atoms with van der Waals surface area (Å²) in [4.78, 5) is 0. The van der Waals surface area contributed by atoms with Crippen molar-refractivity contribution in [2.75, 3.05) is 19.5 Å². The van der Waals surface area contributed by atoms with Gasteiger partial charge < -0.3 is 9.47 Å². The van der Waals surface area contributed by atoms with Crippen LogP contribution < -0.4 is 14.6 Å². The van der Waals surface area contributed by atoms with Gasteiger partial charge in [0.25, 0.3) is 0 Å². The molecule has 1 aromatic rings. The maximum Gasteiger partial charge on any atom is 0.209 e. The molecule has 0 radical (unpaired) electrons. The first-order chi connectivity index (χ1) is 9.83. The van der Waals surface area contributed by atoms with Crippen LogP contribution in [0.1, 0.15) is 25.7 Å². The molecule has 8 heteroatoms. The minimum atomic E-state index is -3.33. The van der Waals surface area contributed by atoms with Gasteiger partial charge in [0.05, 0.1) is 28.4 Å². The molecule has 0 fully saturated rings. The third kappa shape index (κ3) is 7.49. The highest BCUT2D eigenvalue weighted by Crippen LogP contribution is 2.36. The first-order valence-corrected chi connectivity index (χ1v) is 9.80. The van der Waals surface area contributed by atoms with Crippen LogP contribution in [0.4, 0.5) is 0 Å². The third-order valence-electron chi connectivity index (χ3n) is 2.79. The molecule has 21 heavy (non-hydrogen) atoms.